The minimum Gasteiger partial charge on any atom is -0.264 e. The molecule has 0 amide bonds. The summed E-state index contributed by atoms with van der Waals surface area (Å²) in [7, 11) is -3.56. The van der Waals surface area contributed by atoms with Gasteiger partial charge in [-0.05, 0) is 12.1 Å². The van der Waals surface area contributed by atoms with Crippen molar-refractivity contribution in [1.82, 2.24) is 0 Å². The summed E-state index contributed by atoms with van der Waals surface area (Å²) in [4.78, 5) is 10.5. The Hall–Kier alpha value is -1.69. The van der Waals surface area contributed by atoms with Gasteiger partial charge in [0.2, 0.25) is 6.04 Å². The maximum absolute atomic E-state index is 12.3. The van der Waals surface area contributed by atoms with Crippen LogP contribution in [0.5, 0.6) is 0 Å². The summed E-state index contributed by atoms with van der Waals surface area (Å²) in [5.74, 6) is 0. The van der Waals surface area contributed by atoms with Crippen molar-refractivity contribution in [3.05, 3.63) is 52.6 Å². The van der Waals surface area contributed by atoms with E-state index in [2.05, 4.69) is 6.58 Å². The molecule has 1 saturated carbocycles. The Labute approximate surface area is 105 Å². The van der Waals surface area contributed by atoms with Crippen LogP contribution < -0.4 is 0 Å². The maximum atomic E-state index is 12.3. The molecule has 0 aromatic heterocycles. The molecule has 0 saturated heterocycles. The van der Waals surface area contributed by atoms with E-state index >= 15 is 0 Å². The van der Waals surface area contributed by atoms with Gasteiger partial charge in [-0.3, -0.25) is 10.1 Å². The fourth-order valence-electron chi connectivity index (χ4n) is 2.21. The number of hydrogen-bond acceptors (Lipinski definition) is 4. The molecule has 2 atom stereocenters. The van der Waals surface area contributed by atoms with E-state index in [-0.39, 0.29) is 17.7 Å². The lowest BCUT2D eigenvalue weighted by atomic mass is 10.2. The molecule has 0 aliphatic heterocycles. The van der Waals surface area contributed by atoms with Crippen LogP contribution in [0.4, 0.5) is 0 Å². The van der Waals surface area contributed by atoms with Crippen LogP contribution >= 0.6 is 0 Å². The molecular weight excluding hydrogens is 254 g/mol. The topological polar surface area (TPSA) is 77.3 Å². The zero-order chi connectivity index (χ0) is 13.3. The van der Waals surface area contributed by atoms with Gasteiger partial charge in [-0.15, -0.1) is 0 Å². The highest BCUT2D eigenvalue weighted by Gasteiger charge is 2.43. The monoisotopic (exact) mass is 267 g/mol. The molecule has 18 heavy (non-hydrogen) atoms. The molecule has 0 unspecified atom stereocenters. The first-order valence-electron chi connectivity index (χ1n) is 5.53. The fraction of sp³-hybridized carbons (Fsp3) is 0.333. The number of nitrogens with zero attached hydrogens (tertiary/aromatic N) is 1. The van der Waals surface area contributed by atoms with Crippen molar-refractivity contribution in [2.24, 2.45) is 0 Å². The quantitative estimate of drug-likeness (QED) is 0.475. The third kappa shape index (κ3) is 2.15. The number of benzene rings is 1. The van der Waals surface area contributed by atoms with E-state index in [0.29, 0.717) is 5.57 Å². The minimum atomic E-state index is -3.56. The first-order chi connectivity index (χ1) is 8.43. The molecule has 0 radical (unpaired) electrons. The zero-order valence-electron chi connectivity index (χ0n) is 9.65. The van der Waals surface area contributed by atoms with Crippen LogP contribution in [0.15, 0.2) is 47.4 Å². The standard InChI is InChI=1S/C12H13NO4S/c1-9-7-10(13(14)15)8-12(9)18(16,17)11-5-3-2-4-6-11/h2-6,10,12H,1,7-8H2/t10-,12+/m0/s1. The molecule has 1 aromatic carbocycles. The normalized spacial score (nSPS) is 24.1. The van der Waals surface area contributed by atoms with Gasteiger partial charge in [-0.1, -0.05) is 30.4 Å². The first kappa shape index (κ1) is 12.8. The van der Waals surface area contributed by atoms with Crippen LogP contribution in [-0.4, -0.2) is 24.6 Å². The van der Waals surface area contributed by atoms with E-state index in [0.717, 1.165) is 0 Å². The van der Waals surface area contributed by atoms with Gasteiger partial charge in [0.1, 0.15) is 0 Å². The summed E-state index contributed by atoms with van der Waals surface area (Å²) in [5.41, 5.74) is 0.431. The predicted molar refractivity (Wildman–Crippen MR) is 66.6 cm³/mol. The van der Waals surface area contributed by atoms with Gasteiger partial charge in [0, 0.05) is 17.8 Å². The number of sulfone groups is 1. The number of nitro groups is 1. The molecule has 0 spiro atoms. The summed E-state index contributed by atoms with van der Waals surface area (Å²) < 4.78 is 24.7. The van der Waals surface area contributed by atoms with Crippen molar-refractivity contribution in [3.63, 3.8) is 0 Å². The van der Waals surface area contributed by atoms with E-state index in [9.17, 15) is 18.5 Å². The zero-order valence-corrected chi connectivity index (χ0v) is 10.5. The number of rotatable bonds is 3. The Kier molecular flexibility index (Phi) is 3.21. The predicted octanol–water partition coefficient (Wildman–Crippen LogP) is 1.82. The summed E-state index contributed by atoms with van der Waals surface area (Å²) >= 11 is 0. The maximum Gasteiger partial charge on any atom is 0.218 e. The van der Waals surface area contributed by atoms with Gasteiger partial charge < -0.3 is 0 Å². The highest BCUT2D eigenvalue weighted by Crippen LogP contribution is 2.34. The Bertz CT molecular complexity index is 579. The van der Waals surface area contributed by atoms with Crippen LogP contribution in [0, 0.1) is 10.1 Å². The fourth-order valence-corrected chi connectivity index (χ4v) is 4.09. The molecule has 6 heteroatoms. The average Bonchev–Trinajstić information content (AvgIpc) is 2.73. The highest BCUT2D eigenvalue weighted by atomic mass is 32.2. The van der Waals surface area contributed by atoms with Crippen molar-refractivity contribution >= 4 is 9.84 Å². The third-order valence-corrected chi connectivity index (χ3v) is 5.39. The Morgan fingerprint density at radius 2 is 1.89 bits per heavy atom. The van der Waals surface area contributed by atoms with Crippen LogP contribution in [0.2, 0.25) is 0 Å². The molecule has 0 bridgehead atoms. The lowest BCUT2D eigenvalue weighted by Gasteiger charge is -2.11. The second-order valence-corrected chi connectivity index (χ2v) is 6.51. The lowest BCUT2D eigenvalue weighted by Crippen LogP contribution is -2.22. The van der Waals surface area contributed by atoms with Crippen molar-refractivity contribution in [2.75, 3.05) is 0 Å². The number of hydrogen-bond donors (Lipinski definition) is 0. The van der Waals surface area contributed by atoms with Crippen molar-refractivity contribution < 1.29 is 13.3 Å². The van der Waals surface area contributed by atoms with Crippen LogP contribution in [0.3, 0.4) is 0 Å². The summed E-state index contributed by atoms with van der Waals surface area (Å²) in [6, 6.07) is 7.17. The Balaban J connectivity index is 2.33. The van der Waals surface area contributed by atoms with Gasteiger partial charge in [0.15, 0.2) is 9.84 Å². The molecule has 0 heterocycles. The van der Waals surface area contributed by atoms with E-state index < -0.39 is 26.1 Å². The molecule has 1 aromatic rings. The van der Waals surface area contributed by atoms with E-state index in [4.69, 9.17) is 0 Å². The Morgan fingerprint density at radius 1 is 1.28 bits per heavy atom. The van der Waals surface area contributed by atoms with E-state index in [1.54, 1.807) is 18.2 Å². The van der Waals surface area contributed by atoms with Crippen LogP contribution in [0.25, 0.3) is 0 Å². The van der Waals surface area contributed by atoms with E-state index in [1.807, 2.05) is 0 Å². The van der Waals surface area contributed by atoms with Gasteiger partial charge in [-0.25, -0.2) is 8.42 Å². The second-order valence-electron chi connectivity index (χ2n) is 4.38. The molecule has 1 aliphatic carbocycles. The minimum absolute atomic E-state index is 0.0169. The molecule has 0 N–H and O–H groups in total. The first-order valence-corrected chi connectivity index (χ1v) is 7.07. The molecular formula is C12H13NO4S. The lowest BCUT2D eigenvalue weighted by molar-refractivity contribution is -0.519. The highest BCUT2D eigenvalue weighted by molar-refractivity contribution is 7.92. The molecule has 2 rings (SSSR count). The third-order valence-electron chi connectivity index (χ3n) is 3.18. The van der Waals surface area contributed by atoms with Gasteiger partial charge >= 0.3 is 0 Å². The van der Waals surface area contributed by atoms with E-state index in [1.165, 1.54) is 12.1 Å². The summed E-state index contributed by atoms with van der Waals surface area (Å²) in [5, 5.41) is 9.89. The summed E-state index contributed by atoms with van der Waals surface area (Å²) in [6.45, 7) is 3.68. The largest absolute Gasteiger partial charge is 0.264 e. The van der Waals surface area contributed by atoms with Crippen molar-refractivity contribution in [3.8, 4) is 0 Å². The van der Waals surface area contributed by atoms with Gasteiger partial charge in [0.05, 0.1) is 10.1 Å². The van der Waals surface area contributed by atoms with Crippen molar-refractivity contribution in [1.29, 1.82) is 0 Å². The van der Waals surface area contributed by atoms with Crippen molar-refractivity contribution in [2.45, 2.75) is 29.0 Å². The molecule has 5 nitrogen and oxygen atoms in total. The Morgan fingerprint density at radius 3 is 2.39 bits per heavy atom. The summed E-state index contributed by atoms with van der Waals surface area (Å²) in [6.07, 6.45) is 0.160. The SMILES string of the molecule is C=C1C[C@H]([N+](=O)[O-])C[C@H]1S(=O)(=O)c1ccccc1. The average molecular weight is 267 g/mol. The van der Waals surface area contributed by atoms with Gasteiger partial charge in [0.25, 0.3) is 0 Å². The smallest absolute Gasteiger partial charge is 0.218 e. The molecule has 1 fully saturated rings. The molecule has 1 aliphatic rings. The van der Waals surface area contributed by atoms with Crippen LogP contribution in [-0.2, 0) is 9.84 Å². The van der Waals surface area contributed by atoms with Crippen LogP contribution in [0.1, 0.15) is 12.8 Å². The molecule has 96 valence electrons. The second kappa shape index (κ2) is 4.53. The van der Waals surface area contributed by atoms with Gasteiger partial charge in [-0.2, -0.15) is 0 Å².